The lowest BCUT2D eigenvalue weighted by atomic mass is 10.1. The summed E-state index contributed by atoms with van der Waals surface area (Å²) in [6.07, 6.45) is 3.51. The number of benzene rings is 1. The number of hydrogen-bond donors (Lipinski definition) is 3. The van der Waals surface area contributed by atoms with Crippen molar-refractivity contribution < 1.29 is 9.59 Å². The van der Waals surface area contributed by atoms with Crippen LogP contribution in [0.2, 0.25) is 0 Å². The molecule has 0 bridgehead atoms. The first-order valence-electron chi connectivity index (χ1n) is 5.92. The molecule has 2 amide bonds. The number of carbonyl (C=O) groups is 2. The summed E-state index contributed by atoms with van der Waals surface area (Å²) in [7, 11) is 1.87. The second-order valence-electron chi connectivity index (χ2n) is 4.34. The van der Waals surface area contributed by atoms with E-state index in [1.807, 2.05) is 17.8 Å². The average Bonchev–Trinajstić information content (AvgIpc) is 2.81. The molecule has 2 aromatic rings. The van der Waals surface area contributed by atoms with Crippen molar-refractivity contribution in [3.8, 4) is 0 Å². The van der Waals surface area contributed by atoms with Gasteiger partial charge in [-0.05, 0) is 18.2 Å². The first-order valence-corrected chi connectivity index (χ1v) is 5.92. The van der Waals surface area contributed by atoms with Gasteiger partial charge >= 0.3 is 0 Å². The van der Waals surface area contributed by atoms with E-state index in [0.717, 1.165) is 5.82 Å². The summed E-state index contributed by atoms with van der Waals surface area (Å²) in [5, 5.41) is 3.08. The van der Waals surface area contributed by atoms with Gasteiger partial charge in [-0.1, -0.05) is 0 Å². The second-order valence-corrected chi connectivity index (χ2v) is 4.34. The van der Waals surface area contributed by atoms with Crippen molar-refractivity contribution in [3.05, 3.63) is 47.5 Å². The van der Waals surface area contributed by atoms with E-state index in [9.17, 15) is 9.59 Å². The molecule has 5 N–H and O–H groups in total. The number of imidazole rings is 1. The number of primary amides is 2. The summed E-state index contributed by atoms with van der Waals surface area (Å²) < 4.78 is 1.86. The maximum atomic E-state index is 11.2. The fourth-order valence-corrected chi connectivity index (χ4v) is 1.76. The Morgan fingerprint density at radius 2 is 1.80 bits per heavy atom. The predicted molar refractivity (Wildman–Crippen MR) is 74.0 cm³/mol. The van der Waals surface area contributed by atoms with Gasteiger partial charge in [0.15, 0.2) is 0 Å². The molecule has 104 valence electrons. The number of amides is 2. The Bertz CT molecular complexity index is 630. The molecule has 0 spiro atoms. The summed E-state index contributed by atoms with van der Waals surface area (Å²) in [5.41, 5.74) is 11.5. The molecule has 0 unspecified atom stereocenters. The van der Waals surface area contributed by atoms with Crippen LogP contribution in [-0.4, -0.2) is 21.4 Å². The normalized spacial score (nSPS) is 10.2. The molecule has 7 nitrogen and oxygen atoms in total. The minimum absolute atomic E-state index is 0.226. The molecule has 0 saturated heterocycles. The van der Waals surface area contributed by atoms with Crippen LogP contribution in [0.15, 0.2) is 30.6 Å². The van der Waals surface area contributed by atoms with Crippen molar-refractivity contribution in [2.45, 2.75) is 6.54 Å². The Morgan fingerprint density at radius 3 is 2.25 bits per heavy atom. The molecule has 1 heterocycles. The van der Waals surface area contributed by atoms with Crippen molar-refractivity contribution >= 4 is 17.5 Å². The molecule has 0 aliphatic carbocycles. The molecular weight excluding hydrogens is 258 g/mol. The van der Waals surface area contributed by atoms with Crippen molar-refractivity contribution in [2.24, 2.45) is 18.5 Å². The number of nitrogens with two attached hydrogens (primary N) is 2. The zero-order valence-electron chi connectivity index (χ0n) is 11.0. The van der Waals surface area contributed by atoms with E-state index in [-0.39, 0.29) is 11.1 Å². The van der Waals surface area contributed by atoms with E-state index in [4.69, 9.17) is 11.5 Å². The smallest absolute Gasteiger partial charge is 0.248 e. The maximum absolute atomic E-state index is 11.2. The van der Waals surface area contributed by atoms with Crippen LogP contribution in [0.4, 0.5) is 5.69 Å². The number of carbonyl (C=O) groups excluding carboxylic acids is 2. The van der Waals surface area contributed by atoms with Crippen molar-refractivity contribution in [2.75, 3.05) is 5.32 Å². The highest BCUT2D eigenvalue weighted by atomic mass is 16.1. The van der Waals surface area contributed by atoms with Crippen LogP contribution >= 0.6 is 0 Å². The number of nitrogens with one attached hydrogen (secondary N) is 1. The van der Waals surface area contributed by atoms with Gasteiger partial charge in [0.05, 0.1) is 6.54 Å². The monoisotopic (exact) mass is 273 g/mol. The molecule has 0 aliphatic rings. The fourth-order valence-electron chi connectivity index (χ4n) is 1.76. The Morgan fingerprint density at radius 1 is 1.20 bits per heavy atom. The van der Waals surface area contributed by atoms with Gasteiger partial charge in [-0.2, -0.15) is 0 Å². The van der Waals surface area contributed by atoms with Gasteiger partial charge in [0.25, 0.3) is 0 Å². The Labute approximate surface area is 115 Å². The molecule has 1 aromatic carbocycles. The molecule has 1 aromatic heterocycles. The third-order valence-electron chi connectivity index (χ3n) is 2.87. The van der Waals surface area contributed by atoms with Gasteiger partial charge in [0, 0.05) is 36.3 Å². The van der Waals surface area contributed by atoms with E-state index >= 15 is 0 Å². The average molecular weight is 273 g/mol. The van der Waals surface area contributed by atoms with Crippen LogP contribution < -0.4 is 16.8 Å². The minimum atomic E-state index is -0.617. The lowest BCUT2D eigenvalue weighted by Crippen LogP contribution is -2.16. The number of anilines is 1. The van der Waals surface area contributed by atoms with E-state index < -0.39 is 11.8 Å². The molecule has 0 atom stereocenters. The van der Waals surface area contributed by atoms with Gasteiger partial charge in [-0.15, -0.1) is 0 Å². The summed E-state index contributed by atoms with van der Waals surface area (Å²) in [6.45, 7) is 0.448. The van der Waals surface area contributed by atoms with E-state index in [2.05, 4.69) is 10.3 Å². The lowest BCUT2D eigenvalue weighted by molar-refractivity contribution is 0.0999. The third kappa shape index (κ3) is 2.94. The number of hydrogen-bond acceptors (Lipinski definition) is 4. The van der Waals surface area contributed by atoms with Crippen LogP contribution in [0.25, 0.3) is 0 Å². The molecule has 0 fully saturated rings. The summed E-state index contributed by atoms with van der Waals surface area (Å²) >= 11 is 0. The molecule has 2 rings (SSSR count). The van der Waals surface area contributed by atoms with Crippen LogP contribution in [-0.2, 0) is 13.6 Å². The molecule has 0 aliphatic heterocycles. The zero-order valence-corrected chi connectivity index (χ0v) is 11.0. The highest BCUT2D eigenvalue weighted by molar-refractivity contribution is 5.99. The summed E-state index contributed by atoms with van der Waals surface area (Å²) in [5.74, 6) is -0.420. The van der Waals surface area contributed by atoms with Crippen LogP contribution in [0.3, 0.4) is 0 Å². The Hall–Kier alpha value is -2.83. The quantitative estimate of drug-likeness (QED) is 0.723. The van der Waals surface area contributed by atoms with Gasteiger partial charge in [-0.25, -0.2) is 4.98 Å². The number of aryl methyl sites for hydroxylation is 1. The highest BCUT2D eigenvalue weighted by Crippen LogP contribution is 2.15. The molecule has 20 heavy (non-hydrogen) atoms. The second kappa shape index (κ2) is 5.43. The lowest BCUT2D eigenvalue weighted by Gasteiger charge is -2.09. The Balaban J connectivity index is 2.24. The molecule has 0 saturated carbocycles. The first-order chi connectivity index (χ1) is 9.47. The van der Waals surface area contributed by atoms with E-state index in [1.165, 1.54) is 6.07 Å². The van der Waals surface area contributed by atoms with E-state index in [0.29, 0.717) is 12.2 Å². The summed E-state index contributed by atoms with van der Waals surface area (Å²) in [6, 6.07) is 4.51. The van der Waals surface area contributed by atoms with Gasteiger partial charge in [0.1, 0.15) is 5.82 Å². The topological polar surface area (TPSA) is 116 Å². The standard InChI is InChI=1S/C13H15N5O2/c1-18-3-2-16-11(18)7-17-10-5-8(12(14)19)4-9(6-10)13(15)20/h2-6,17H,7H2,1H3,(H2,14,19)(H2,15,20). The first kappa shape index (κ1) is 13.6. The SMILES string of the molecule is Cn1ccnc1CNc1cc(C(N)=O)cc(C(N)=O)c1. The predicted octanol–water partition coefficient (Wildman–Crippen LogP) is 0.230. The fraction of sp³-hybridized carbons (Fsp3) is 0.154. The molecule has 7 heteroatoms. The number of aromatic nitrogens is 2. The van der Waals surface area contributed by atoms with Crippen molar-refractivity contribution in [1.29, 1.82) is 0 Å². The maximum Gasteiger partial charge on any atom is 0.248 e. The van der Waals surface area contributed by atoms with Gasteiger partial charge in [0.2, 0.25) is 11.8 Å². The minimum Gasteiger partial charge on any atom is -0.378 e. The number of nitrogens with zero attached hydrogens (tertiary/aromatic N) is 2. The summed E-state index contributed by atoms with van der Waals surface area (Å²) in [4.78, 5) is 26.6. The zero-order chi connectivity index (χ0) is 14.7. The van der Waals surface area contributed by atoms with E-state index in [1.54, 1.807) is 18.3 Å². The van der Waals surface area contributed by atoms with Crippen LogP contribution in [0.1, 0.15) is 26.5 Å². The van der Waals surface area contributed by atoms with Crippen molar-refractivity contribution in [1.82, 2.24) is 9.55 Å². The van der Waals surface area contributed by atoms with Gasteiger partial charge < -0.3 is 21.4 Å². The van der Waals surface area contributed by atoms with Crippen LogP contribution in [0.5, 0.6) is 0 Å². The highest BCUT2D eigenvalue weighted by Gasteiger charge is 2.09. The third-order valence-corrected chi connectivity index (χ3v) is 2.87. The molecule has 0 radical (unpaired) electrons. The Kier molecular flexibility index (Phi) is 3.69. The van der Waals surface area contributed by atoms with Crippen molar-refractivity contribution in [3.63, 3.8) is 0 Å². The van der Waals surface area contributed by atoms with Gasteiger partial charge in [-0.3, -0.25) is 9.59 Å². The largest absolute Gasteiger partial charge is 0.378 e. The van der Waals surface area contributed by atoms with Crippen LogP contribution in [0, 0.1) is 0 Å². The molecular formula is C13H15N5O2. The number of rotatable bonds is 5.